The van der Waals surface area contributed by atoms with Crippen molar-refractivity contribution >= 4 is 11.8 Å². The van der Waals surface area contributed by atoms with Crippen LogP contribution < -0.4 is 10.8 Å². The molecule has 0 aromatic heterocycles. The lowest BCUT2D eigenvalue weighted by Gasteiger charge is -2.35. The summed E-state index contributed by atoms with van der Waals surface area (Å²) in [5.74, 6) is -1.11. The first-order valence-corrected chi connectivity index (χ1v) is 7.01. The number of amides is 2. The van der Waals surface area contributed by atoms with Gasteiger partial charge in [-0.2, -0.15) is 0 Å². The minimum Gasteiger partial charge on any atom is -0.348 e. The number of piperidine rings is 1. The van der Waals surface area contributed by atoms with Crippen molar-refractivity contribution in [1.29, 1.82) is 0 Å². The number of benzene rings is 1. The third-order valence-corrected chi connectivity index (χ3v) is 3.89. The van der Waals surface area contributed by atoms with Crippen LogP contribution in [0.2, 0.25) is 0 Å². The van der Waals surface area contributed by atoms with Crippen molar-refractivity contribution in [2.24, 2.45) is 5.92 Å². The molecule has 6 nitrogen and oxygen atoms in total. The molecule has 0 saturated carbocycles. The Bertz CT molecular complexity index is 515. The monoisotopic (exact) mass is 291 g/mol. The van der Waals surface area contributed by atoms with Gasteiger partial charge in [0, 0.05) is 18.2 Å². The summed E-state index contributed by atoms with van der Waals surface area (Å²) in [5, 5.41) is 11.7. The Morgan fingerprint density at radius 1 is 1.29 bits per heavy atom. The molecule has 2 unspecified atom stereocenters. The molecular formula is C15H21N3O3. The molecule has 2 rings (SSSR count). The summed E-state index contributed by atoms with van der Waals surface area (Å²) in [6.45, 7) is 3.26. The molecule has 0 spiro atoms. The largest absolute Gasteiger partial charge is 0.348 e. The smallest absolute Gasteiger partial charge is 0.251 e. The molecule has 0 radical (unpaired) electrons. The number of nitrogens with zero attached hydrogens (tertiary/aromatic N) is 1. The van der Waals surface area contributed by atoms with Crippen LogP contribution in [0.25, 0.3) is 0 Å². The predicted molar refractivity (Wildman–Crippen MR) is 78.0 cm³/mol. The molecular weight excluding hydrogens is 270 g/mol. The molecule has 0 aliphatic carbocycles. The van der Waals surface area contributed by atoms with E-state index in [1.165, 1.54) is 0 Å². The van der Waals surface area contributed by atoms with Crippen LogP contribution in [-0.4, -0.2) is 48.1 Å². The summed E-state index contributed by atoms with van der Waals surface area (Å²) in [4.78, 5) is 26.0. The molecule has 0 bridgehead atoms. The highest BCUT2D eigenvalue weighted by atomic mass is 16.5. The van der Waals surface area contributed by atoms with Crippen LogP contribution in [0.4, 0.5) is 0 Å². The van der Waals surface area contributed by atoms with Crippen molar-refractivity contribution in [3.05, 3.63) is 35.4 Å². The Kier molecular flexibility index (Phi) is 4.93. The number of rotatable bonds is 3. The van der Waals surface area contributed by atoms with Crippen LogP contribution >= 0.6 is 0 Å². The number of carbonyl (C=O) groups is 2. The van der Waals surface area contributed by atoms with Crippen LogP contribution in [0.3, 0.4) is 0 Å². The van der Waals surface area contributed by atoms with Crippen LogP contribution in [0.15, 0.2) is 24.3 Å². The molecule has 1 aromatic carbocycles. The molecule has 1 aliphatic heterocycles. The molecule has 1 heterocycles. The second-order valence-electron chi connectivity index (χ2n) is 5.58. The van der Waals surface area contributed by atoms with Gasteiger partial charge in [-0.05, 0) is 39.1 Å². The van der Waals surface area contributed by atoms with Crippen molar-refractivity contribution < 1.29 is 14.8 Å². The van der Waals surface area contributed by atoms with Gasteiger partial charge in [0.05, 0.1) is 5.92 Å². The Hall–Kier alpha value is -1.92. The summed E-state index contributed by atoms with van der Waals surface area (Å²) < 4.78 is 0. The highest BCUT2D eigenvalue weighted by Crippen LogP contribution is 2.17. The fourth-order valence-electron chi connectivity index (χ4n) is 2.59. The minimum atomic E-state index is -0.462. The third kappa shape index (κ3) is 3.80. The van der Waals surface area contributed by atoms with E-state index >= 15 is 0 Å². The lowest BCUT2D eigenvalue weighted by molar-refractivity contribution is -0.135. The van der Waals surface area contributed by atoms with Gasteiger partial charge in [-0.3, -0.25) is 14.8 Å². The normalized spacial score (nSPS) is 22.6. The predicted octanol–water partition coefficient (Wildman–Crippen LogP) is 0.551. The number of hydrogen-bond acceptors (Lipinski definition) is 4. The van der Waals surface area contributed by atoms with Crippen LogP contribution in [0, 0.1) is 12.8 Å². The number of hydroxylamine groups is 1. The lowest BCUT2D eigenvalue weighted by Crippen LogP contribution is -2.54. The first kappa shape index (κ1) is 15.5. The molecule has 2 atom stereocenters. The van der Waals surface area contributed by atoms with E-state index in [-0.39, 0.29) is 11.9 Å². The van der Waals surface area contributed by atoms with Crippen LogP contribution in [0.1, 0.15) is 22.3 Å². The molecule has 1 saturated heterocycles. The summed E-state index contributed by atoms with van der Waals surface area (Å²) in [5.41, 5.74) is 3.35. The Labute approximate surface area is 124 Å². The highest BCUT2D eigenvalue weighted by molar-refractivity contribution is 5.94. The Morgan fingerprint density at radius 2 is 1.95 bits per heavy atom. The summed E-state index contributed by atoms with van der Waals surface area (Å²) in [6.07, 6.45) is 0.673. The molecule has 6 heteroatoms. The zero-order valence-corrected chi connectivity index (χ0v) is 12.3. The Balaban J connectivity index is 2.07. The number of likely N-dealkylation sites (tertiary alicyclic amines) is 1. The van der Waals surface area contributed by atoms with E-state index in [1.807, 2.05) is 31.0 Å². The van der Waals surface area contributed by atoms with E-state index in [0.29, 0.717) is 18.5 Å². The molecule has 1 aliphatic rings. The Morgan fingerprint density at radius 3 is 2.57 bits per heavy atom. The maximum Gasteiger partial charge on any atom is 0.251 e. The van der Waals surface area contributed by atoms with Gasteiger partial charge >= 0.3 is 0 Å². The summed E-state index contributed by atoms with van der Waals surface area (Å²) in [7, 11) is 1.91. The number of hydrogen-bond donors (Lipinski definition) is 3. The fourth-order valence-corrected chi connectivity index (χ4v) is 2.59. The van der Waals surface area contributed by atoms with E-state index < -0.39 is 11.8 Å². The van der Waals surface area contributed by atoms with Crippen molar-refractivity contribution in [2.75, 3.05) is 20.1 Å². The maximum atomic E-state index is 12.2. The van der Waals surface area contributed by atoms with E-state index in [9.17, 15) is 9.59 Å². The van der Waals surface area contributed by atoms with E-state index in [1.54, 1.807) is 17.6 Å². The number of nitrogens with one attached hydrogen (secondary N) is 2. The highest BCUT2D eigenvalue weighted by Gasteiger charge is 2.34. The van der Waals surface area contributed by atoms with Gasteiger partial charge in [0.1, 0.15) is 0 Å². The van der Waals surface area contributed by atoms with Crippen LogP contribution in [-0.2, 0) is 4.79 Å². The van der Waals surface area contributed by atoms with Gasteiger partial charge in [0.2, 0.25) is 5.91 Å². The second-order valence-corrected chi connectivity index (χ2v) is 5.58. The van der Waals surface area contributed by atoms with E-state index in [0.717, 1.165) is 12.1 Å². The van der Waals surface area contributed by atoms with Crippen LogP contribution in [0.5, 0.6) is 0 Å². The van der Waals surface area contributed by atoms with Gasteiger partial charge in [0.25, 0.3) is 5.91 Å². The van der Waals surface area contributed by atoms with Crippen molar-refractivity contribution in [3.8, 4) is 0 Å². The zero-order chi connectivity index (χ0) is 15.4. The van der Waals surface area contributed by atoms with Crippen molar-refractivity contribution in [1.82, 2.24) is 15.7 Å². The van der Waals surface area contributed by atoms with E-state index in [4.69, 9.17) is 5.21 Å². The molecule has 1 fully saturated rings. The second kappa shape index (κ2) is 6.69. The maximum absolute atomic E-state index is 12.2. The van der Waals surface area contributed by atoms with Crippen molar-refractivity contribution in [3.63, 3.8) is 0 Å². The van der Waals surface area contributed by atoms with Gasteiger partial charge in [-0.25, -0.2) is 5.48 Å². The molecule has 1 aromatic rings. The first-order chi connectivity index (χ1) is 10.0. The fraction of sp³-hybridized carbons (Fsp3) is 0.467. The standard InChI is InChI=1S/C15H21N3O3/c1-10-3-5-11(6-4-10)14(19)16-13-7-8-18(2)9-12(13)15(20)17-21/h3-6,12-13,21H,7-9H2,1-2H3,(H,16,19)(H,17,20). The molecule has 2 amide bonds. The van der Waals surface area contributed by atoms with Gasteiger partial charge < -0.3 is 10.2 Å². The van der Waals surface area contributed by atoms with Gasteiger partial charge in [-0.15, -0.1) is 0 Å². The summed E-state index contributed by atoms with van der Waals surface area (Å²) in [6, 6.07) is 7.01. The number of aryl methyl sites for hydroxylation is 1. The molecule has 3 N–H and O–H groups in total. The lowest BCUT2D eigenvalue weighted by atomic mass is 9.91. The average molecular weight is 291 g/mol. The minimum absolute atomic E-state index is 0.194. The van der Waals surface area contributed by atoms with Gasteiger partial charge in [-0.1, -0.05) is 17.7 Å². The molecule has 114 valence electrons. The summed E-state index contributed by atoms with van der Waals surface area (Å²) >= 11 is 0. The topological polar surface area (TPSA) is 81.7 Å². The quantitative estimate of drug-likeness (QED) is 0.561. The van der Waals surface area contributed by atoms with Gasteiger partial charge in [0.15, 0.2) is 0 Å². The first-order valence-electron chi connectivity index (χ1n) is 7.01. The third-order valence-electron chi connectivity index (χ3n) is 3.89. The SMILES string of the molecule is Cc1ccc(C(=O)NC2CCN(C)CC2C(=O)NO)cc1. The number of carbonyl (C=O) groups excluding carboxylic acids is 2. The average Bonchev–Trinajstić information content (AvgIpc) is 2.48. The zero-order valence-electron chi connectivity index (χ0n) is 12.3. The molecule has 21 heavy (non-hydrogen) atoms. The van der Waals surface area contributed by atoms with Crippen molar-refractivity contribution in [2.45, 2.75) is 19.4 Å². The van der Waals surface area contributed by atoms with E-state index in [2.05, 4.69) is 5.32 Å².